The van der Waals surface area contributed by atoms with Crippen LogP contribution in [0.4, 0.5) is 0 Å². The van der Waals surface area contributed by atoms with Crippen molar-refractivity contribution in [3.05, 3.63) is 35.0 Å². The van der Waals surface area contributed by atoms with Crippen molar-refractivity contribution in [1.82, 2.24) is 15.2 Å². The van der Waals surface area contributed by atoms with Crippen LogP contribution >= 0.6 is 0 Å². The first kappa shape index (κ1) is 13.5. The summed E-state index contributed by atoms with van der Waals surface area (Å²) in [5.41, 5.74) is 3.82. The van der Waals surface area contributed by atoms with E-state index in [-0.39, 0.29) is 11.7 Å². The van der Waals surface area contributed by atoms with Gasteiger partial charge in [-0.1, -0.05) is 12.1 Å². The van der Waals surface area contributed by atoms with E-state index in [1.807, 2.05) is 23.1 Å². The van der Waals surface area contributed by atoms with Crippen LogP contribution in [-0.4, -0.2) is 47.8 Å². The summed E-state index contributed by atoms with van der Waals surface area (Å²) in [6.45, 7) is 3.18. The summed E-state index contributed by atoms with van der Waals surface area (Å²) in [5.74, 6) is 0.365. The van der Waals surface area contributed by atoms with Crippen LogP contribution in [0.15, 0.2) is 18.2 Å². The minimum Gasteiger partial charge on any atom is -0.357 e. The van der Waals surface area contributed by atoms with Gasteiger partial charge in [-0.2, -0.15) is 0 Å². The lowest BCUT2D eigenvalue weighted by molar-refractivity contribution is -0.118. The molecule has 2 aromatic rings. The average molecular weight is 297 g/mol. The predicted molar refractivity (Wildman–Crippen MR) is 84.1 cm³/mol. The Morgan fingerprint density at radius 3 is 2.77 bits per heavy atom. The molecule has 1 aromatic heterocycles. The van der Waals surface area contributed by atoms with Crippen molar-refractivity contribution in [2.24, 2.45) is 0 Å². The molecule has 2 heterocycles. The Labute approximate surface area is 128 Å². The molecule has 0 unspecified atom stereocenters. The number of hydrogen-bond acceptors (Lipinski definition) is 3. The number of carbonyl (C=O) groups excluding carboxylic acids is 2. The van der Waals surface area contributed by atoms with Gasteiger partial charge in [-0.15, -0.1) is 0 Å². The number of aromatic amines is 1. The maximum atomic E-state index is 12.8. The number of benzene rings is 1. The van der Waals surface area contributed by atoms with Gasteiger partial charge in [-0.3, -0.25) is 9.59 Å². The van der Waals surface area contributed by atoms with Gasteiger partial charge in [0.25, 0.3) is 5.91 Å². The number of para-hydroxylation sites is 1. The SMILES string of the molecule is O=C1CCc2[nH]c3c(C(=O)N4CCNCC4)cccc3c2C1. The average Bonchev–Trinajstić information content (AvgIpc) is 2.93. The second-order valence-corrected chi connectivity index (χ2v) is 6.07. The van der Waals surface area contributed by atoms with Crippen molar-refractivity contribution in [3.8, 4) is 0 Å². The number of aromatic nitrogens is 1. The standard InChI is InChI=1S/C17H19N3O2/c21-11-4-5-15-14(10-11)12-2-1-3-13(16(12)19-15)17(22)20-8-6-18-7-9-20/h1-3,18-19H,4-10H2. The van der Waals surface area contributed by atoms with Gasteiger partial charge in [-0.05, 0) is 18.1 Å². The Morgan fingerprint density at radius 1 is 1.14 bits per heavy atom. The summed E-state index contributed by atoms with van der Waals surface area (Å²) in [5, 5.41) is 4.30. The first-order valence-corrected chi connectivity index (χ1v) is 7.88. The van der Waals surface area contributed by atoms with Crippen molar-refractivity contribution in [1.29, 1.82) is 0 Å². The van der Waals surface area contributed by atoms with Gasteiger partial charge < -0.3 is 15.2 Å². The molecule has 2 aliphatic rings. The molecule has 0 saturated carbocycles. The third kappa shape index (κ3) is 2.13. The van der Waals surface area contributed by atoms with E-state index in [0.29, 0.717) is 12.8 Å². The highest BCUT2D eigenvalue weighted by atomic mass is 16.2. The zero-order valence-corrected chi connectivity index (χ0v) is 12.4. The highest BCUT2D eigenvalue weighted by Gasteiger charge is 2.25. The maximum Gasteiger partial charge on any atom is 0.256 e. The number of carbonyl (C=O) groups is 2. The maximum absolute atomic E-state index is 12.8. The zero-order valence-electron chi connectivity index (χ0n) is 12.4. The van der Waals surface area contributed by atoms with Crippen LogP contribution in [0.25, 0.3) is 10.9 Å². The van der Waals surface area contributed by atoms with Crippen molar-refractivity contribution in [2.75, 3.05) is 26.2 Å². The molecule has 1 aliphatic carbocycles. The Balaban J connectivity index is 1.78. The second-order valence-electron chi connectivity index (χ2n) is 6.07. The highest BCUT2D eigenvalue weighted by Crippen LogP contribution is 2.30. The lowest BCUT2D eigenvalue weighted by atomic mass is 9.94. The summed E-state index contributed by atoms with van der Waals surface area (Å²) < 4.78 is 0. The number of H-pyrrole nitrogens is 1. The first-order chi connectivity index (χ1) is 10.7. The molecule has 1 aromatic carbocycles. The molecular weight excluding hydrogens is 278 g/mol. The Morgan fingerprint density at radius 2 is 1.95 bits per heavy atom. The number of piperazine rings is 1. The predicted octanol–water partition coefficient (Wildman–Crippen LogP) is 1.27. The summed E-state index contributed by atoms with van der Waals surface area (Å²) in [6.07, 6.45) is 1.84. The van der Waals surface area contributed by atoms with E-state index >= 15 is 0 Å². The van der Waals surface area contributed by atoms with Crippen LogP contribution in [0, 0.1) is 0 Å². The number of aryl methyl sites for hydroxylation is 1. The molecule has 0 bridgehead atoms. The van der Waals surface area contributed by atoms with Gasteiger partial charge in [0.2, 0.25) is 0 Å². The lowest BCUT2D eigenvalue weighted by Crippen LogP contribution is -2.46. The molecule has 1 fully saturated rings. The van der Waals surface area contributed by atoms with E-state index in [1.54, 1.807) is 0 Å². The minimum absolute atomic E-state index is 0.0806. The van der Waals surface area contributed by atoms with Crippen LogP contribution in [0.1, 0.15) is 28.0 Å². The molecule has 5 nitrogen and oxygen atoms in total. The van der Waals surface area contributed by atoms with Crippen LogP contribution in [0.5, 0.6) is 0 Å². The molecule has 0 atom stereocenters. The van der Waals surface area contributed by atoms with E-state index in [2.05, 4.69) is 10.3 Å². The first-order valence-electron chi connectivity index (χ1n) is 7.88. The number of fused-ring (bicyclic) bond motifs is 3. The molecule has 114 valence electrons. The normalized spacial score (nSPS) is 18.5. The third-order valence-corrected chi connectivity index (χ3v) is 4.69. The fraction of sp³-hybridized carbons (Fsp3) is 0.412. The quantitative estimate of drug-likeness (QED) is 0.833. The smallest absolute Gasteiger partial charge is 0.256 e. The summed E-state index contributed by atoms with van der Waals surface area (Å²) in [4.78, 5) is 29.8. The van der Waals surface area contributed by atoms with Crippen molar-refractivity contribution in [2.45, 2.75) is 19.3 Å². The van der Waals surface area contributed by atoms with Crippen LogP contribution < -0.4 is 5.32 Å². The lowest BCUT2D eigenvalue weighted by Gasteiger charge is -2.27. The van der Waals surface area contributed by atoms with E-state index in [0.717, 1.165) is 60.3 Å². The molecule has 0 radical (unpaired) electrons. The van der Waals surface area contributed by atoms with Gasteiger partial charge in [0.05, 0.1) is 11.1 Å². The van der Waals surface area contributed by atoms with Crippen LogP contribution in [0.2, 0.25) is 0 Å². The highest BCUT2D eigenvalue weighted by molar-refractivity contribution is 6.07. The molecule has 4 rings (SSSR count). The third-order valence-electron chi connectivity index (χ3n) is 4.69. The Kier molecular flexibility index (Phi) is 3.22. The fourth-order valence-electron chi connectivity index (χ4n) is 3.51. The van der Waals surface area contributed by atoms with Crippen LogP contribution in [0.3, 0.4) is 0 Å². The molecule has 5 heteroatoms. The van der Waals surface area contributed by atoms with E-state index in [9.17, 15) is 9.59 Å². The minimum atomic E-state index is 0.0806. The number of nitrogens with one attached hydrogen (secondary N) is 2. The number of rotatable bonds is 1. The van der Waals surface area contributed by atoms with Crippen molar-refractivity contribution in [3.63, 3.8) is 0 Å². The number of hydrogen-bond donors (Lipinski definition) is 2. The largest absolute Gasteiger partial charge is 0.357 e. The van der Waals surface area contributed by atoms with Gasteiger partial charge >= 0.3 is 0 Å². The summed E-state index contributed by atoms with van der Waals surface area (Å²) >= 11 is 0. The molecule has 1 amide bonds. The van der Waals surface area contributed by atoms with E-state index in [1.165, 1.54) is 0 Å². The van der Waals surface area contributed by atoms with E-state index in [4.69, 9.17) is 0 Å². The van der Waals surface area contributed by atoms with Gasteiger partial charge in [0, 0.05) is 50.1 Å². The molecule has 1 saturated heterocycles. The molecular formula is C17H19N3O2. The van der Waals surface area contributed by atoms with Crippen molar-refractivity contribution >= 4 is 22.6 Å². The Hall–Kier alpha value is -2.14. The van der Waals surface area contributed by atoms with Gasteiger partial charge in [0.15, 0.2) is 0 Å². The molecule has 22 heavy (non-hydrogen) atoms. The summed E-state index contributed by atoms with van der Waals surface area (Å²) in [7, 11) is 0. The number of nitrogens with zero attached hydrogens (tertiary/aromatic N) is 1. The number of amides is 1. The fourth-order valence-corrected chi connectivity index (χ4v) is 3.51. The topological polar surface area (TPSA) is 65.2 Å². The van der Waals surface area contributed by atoms with Gasteiger partial charge in [0.1, 0.15) is 5.78 Å². The van der Waals surface area contributed by atoms with Crippen LogP contribution in [-0.2, 0) is 17.6 Å². The monoisotopic (exact) mass is 297 g/mol. The second kappa shape index (κ2) is 5.25. The Bertz CT molecular complexity index is 757. The van der Waals surface area contributed by atoms with E-state index < -0.39 is 0 Å². The summed E-state index contributed by atoms with van der Waals surface area (Å²) in [6, 6.07) is 5.82. The molecule has 2 N–H and O–H groups in total. The molecule has 1 aliphatic heterocycles. The van der Waals surface area contributed by atoms with Crippen molar-refractivity contribution < 1.29 is 9.59 Å². The number of ketones is 1. The van der Waals surface area contributed by atoms with Gasteiger partial charge in [-0.25, -0.2) is 0 Å². The zero-order chi connectivity index (χ0) is 15.1. The number of Topliss-reactive ketones (excluding diaryl/α,β-unsaturated/α-hetero) is 1. The molecule has 0 spiro atoms.